The molecule has 0 saturated heterocycles. The number of rotatable bonds is 5. The van der Waals surface area contributed by atoms with Crippen molar-refractivity contribution in [1.82, 2.24) is 9.88 Å². The molecule has 0 aliphatic rings. The number of amides is 1. The van der Waals surface area contributed by atoms with Crippen LogP contribution in [0.1, 0.15) is 21.6 Å². The van der Waals surface area contributed by atoms with Gasteiger partial charge in [-0.2, -0.15) is 8.78 Å². The number of carbonyl (C=O) groups excluding carboxylic acids is 1. The molecule has 1 heterocycles. The monoisotopic (exact) mass is 356 g/mol. The Morgan fingerprint density at radius 1 is 1.15 bits per heavy atom. The van der Waals surface area contributed by atoms with Crippen LogP contribution in [0.25, 0.3) is 10.9 Å². The van der Waals surface area contributed by atoms with E-state index < -0.39 is 6.61 Å². The summed E-state index contributed by atoms with van der Waals surface area (Å²) in [5, 5.41) is 0.802. The van der Waals surface area contributed by atoms with Crippen LogP contribution in [0.15, 0.2) is 54.6 Å². The predicted octanol–water partition coefficient (Wildman–Crippen LogP) is 4.42. The molecule has 2 aromatic carbocycles. The number of para-hydroxylation sites is 1. The SMILES string of the molecule is Cc1cc(C(=O)N(C)Cc2ccc(OC(F)F)cc2)c2ccccc2n1. The number of aryl methyl sites for hydroxylation is 1. The molecule has 3 rings (SSSR count). The lowest BCUT2D eigenvalue weighted by molar-refractivity contribution is -0.0498. The molecule has 3 aromatic rings. The molecular formula is C20H18F2N2O2. The van der Waals surface area contributed by atoms with E-state index in [-0.39, 0.29) is 11.7 Å². The zero-order valence-corrected chi connectivity index (χ0v) is 14.4. The number of benzene rings is 2. The fourth-order valence-corrected chi connectivity index (χ4v) is 2.81. The third-order valence-corrected chi connectivity index (χ3v) is 3.99. The molecule has 1 amide bonds. The minimum Gasteiger partial charge on any atom is -0.435 e. The van der Waals surface area contributed by atoms with Gasteiger partial charge in [0, 0.05) is 24.7 Å². The quantitative estimate of drug-likeness (QED) is 0.680. The average Bonchev–Trinajstić information content (AvgIpc) is 2.61. The second-order valence-corrected chi connectivity index (χ2v) is 6.01. The Morgan fingerprint density at radius 2 is 1.85 bits per heavy atom. The van der Waals surface area contributed by atoms with E-state index in [1.807, 2.05) is 31.2 Å². The van der Waals surface area contributed by atoms with Crippen LogP contribution in [0.5, 0.6) is 5.75 Å². The Morgan fingerprint density at radius 3 is 2.54 bits per heavy atom. The second kappa shape index (κ2) is 7.47. The smallest absolute Gasteiger partial charge is 0.387 e. The van der Waals surface area contributed by atoms with Gasteiger partial charge >= 0.3 is 6.61 Å². The molecule has 0 aliphatic heterocycles. The molecule has 0 unspecified atom stereocenters. The molecule has 0 spiro atoms. The van der Waals surface area contributed by atoms with Gasteiger partial charge in [0.1, 0.15) is 5.75 Å². The Hall–Kier alpha value is -3.02. The van der Waals surface area contributed by atoms with Crippen LogP contribution in [-0.4, -0.2) is 29.5 Å². The summed E-state index contributed by atoms with van der Waals surface area (Å²) in [7, 11) is 1.70. The third kappa shape index (κ3) is 3.96. The fourth-order valence-electron chi connectivity index (χ4n) is 2.81. The number of pyridine rings is 1. The number of nitrogens with zero attached hydrogens (tertiary/aromatic N) is 2. The number of aromatic nitrogens is 1. The summed E-state index contributed by atoms with van der Waals surface area (Å²) in [4.78, 5) is 18.9. The van der Waals surface area contributed by atoms with Crippen LogP contribution >= 0.6 is 0 Å². The minimum absolute atomic E-state index is 0.0912. The molecule has 0 fully saturated rings. The van der Waals surface area contributed by atoms with E-state index in [9.17, 15) is 13.6 Å². The maximum absolute atomic E-state index is 12.9. The van der Waals surface area contributed by atoms with E-state index in [1.54, 1.807) is 30.1 Å². The van der Waals surface area contributed by atoms with Crippen molar-refractivity contribution in [2.75, 3.05) is 7.05 Å². The summed E-state index contributed by atoms with van der Waals surface area (Å²) in [6.45, 7) is -0.651. The summed E-state index contributed by atoms with van der Waals surface area (Å²) in [5.74, 6) is -0.0342. The second-order valence-electron chi connectivity index (χ2n) is 6.01. The normalized spacial score (nSPS) is 11.0. The summed E-state index contributed by atoms with van der Waals surface area (Å²) in [6, 6.07) is 15.5. The van der Waals surface area contributed by atoms with Crippen LogP contribution in [0.3, 0.4) is 0 Å². The van der Waals surface area contributed by atoms with Crippen molar-refractivity contribution >= 4 is 16.8 Å². The van der Waals surface area contributed by atoms with E-state index in [4.69, 9.17) is 0 Å². The Bertz CT molecular complexity index is 927. The van der Waals surface area contributed by atoms with E-state index in [1.165, 1.54) is 12.1 Å². The van der Waals surface area contributed by atoms with Crippen molar-refractivity contribution < 1.29 is 18.3 Å². The number of fused-ring (bicyclic) bond motifs is 1. The first-order valence-electron chi connectivity index (χ1n) is 8.09. The molecule has 4 nitrogen and oxygen atoms in total. The van der Waals surface area contributed by atoms with Crippen LogP contribution in [0.2, 0.25) is 0 Å². The highest BCUT2D eigenvalue weighted by molar-refractivity contribution is 6.06. The van der Waals surface area contributed by atoms with Crippen molar-refractivity contribution in [1.29, 1.82) is 0 Å². The van der Waals surface area contributed by atoms with Gasteiger partial charge in [-0.15, -0.1) is 0 Å². The van der Waals surface area contributed by atoms with Crippen LogP contribution in [0.4, 0.5) is 8.78 Å². The number of carbonyl (C=O) groups is 1. The lowest BCUT2D eigenvalue weighted by Gasteiger charge is -2.19. The molecular weight excluding hydrogens is 338 g/mol. The number of hydrogen-bond acceptors (Lipinski definition) is 3. The first kappa shape index (κ1) is 17.8. The van der Waals surface area contributed by atoms with Crippen molar-refractivity contribution in [2.45, 2.75) is 20.1 Å². The van der Waals surface area contributed by atoms with Gasteiger partial charge in [-0.25, -0.2) is 0 Å². The standard InChI is InChI=1S/C20H18F2N2O2/c1-13-11-17(16-5-3-4-6-18(16)23-13)19(25)24(2)12-14-7-9-15(10-8-14)26-20(21)22/h3-11,20H,12H2,1-2H3. The highest BCUT2D eigenvalue weighted by Crippen LogP contribution is 2.21. The van der Waals surface area contributed by atoms with Crippen molar-refractivity contribution in [3.8, 4) is 5.75 Å². The van der Waals surface area contributed by atoms with E-state index in [0.29, 0.717) is 12.1 Å². The lowest BCUT2D eigenvalue weighted by Crippen LogP contribution is -2.26. The molecule has 0 N–H and O–H groups in total. The van der Waals surface area contributed by atoms with Gasteiger partial charge in [0.05, 0.1) is 11.1 Å². The Labute approximate surface area is 150 Å². The molecule has 0 saturated carbocycles. The van der Waals surface area contributed by atoms with Gasteiger partial charge < -0.3 is 9.64 Å². The van der Waals surface area contributed by atoms with Crippen molar-refractivity contribution in [2.24, 2.45) is 0 Å². The molecule has 0 radical (unpaired) electrons. The van der Waals surface area contributed by atoms with Crippen molar-refractivity contribution in [3.63, 3.8) is 0 Å². The Kier molecular flexibility index (Phi) is 5.11. The van der Waals surface area contributed by atoms with Crippen molar-refractivity contribution in [3.05, 3.63) is 71.4 Å². The highest BCUT2D eigenvalue weighted by Gasteiger charge is 2.16. The molecule has 0 atom stereocenters. The summed E-state index contributed by atoms with van der Waals surface area (Å²) >= 11 is 0. The fraction of sp³-hybridized carbons (Fsp3) is 0.200. The first-order chi connectivity index (χ1) is 12.4. The van der Waals surface area contributed by atoms with E-state index >= 15 is 0 Å². The number of alkyl halides is 2. The van der Waals surface area contributed by atoms with Crippen LogP contribution < -0.4 is 4.74 Å². The zero-order chi connectivity index (χ0) is 18.7. The average molecular weight is 356 g/mol. The maximum Gasteiger partial charge on any atom is 0.387 e. The van der Waals surface area contributed by atoms with Gasteiger partial charge in [0.25, 0.3) is 5.91 Å². The number of ether oxygens (including phenoxy) is 1. The molecule has 6 heteroatoms. The molecule has 0 bridgehead atoms. The summed E-state index contributed by atoms with van der Waals surface area (Å²) in [5.41, 5.74) is 2.96. The van der Waals surface area contributed by atoms with Gasteiger partial charge in [-0.3, -0.25) is 9.78 Å². The van der Waals surface area contributed by atoms with Gasteiger partial charge in [-0.05, 0) is 36.8 Å². The maximum atomic E-state index is 12.9. The topological polar surface area (TPSA) is 42.4 Å². The Balaban J connectivity index is 1.80. The van der Waals surface area contributed by atoms with E-state index in [2.05, 4.69) is 9.72 Å². The third-order valence-electron chi connectivity index (χ3n) is 3.99. The van der Waals surface area contributed by atoms with Gasteiger partial charge in [-0.1, -0.05) is 30.3 Å². The molecule has 1 aromatic heterocycles. The summed E-state index contributed by atoms with van der Waals surface area (Å²) < 4.78 is 28.7. The lowest BCUT2D eigenvalue weighted by atomic mass is 10.1. The highest BCUT2D eigenvalue weighted by atomic mass is 19.3. The summed E-state index contributed by atoms with van der Waals surface area (Å²) in [6.07, 6.45) is 0. The number of halogens is 2. The number of hydrogen-bond donors (Lipinski definition) is 0. The molecule has 26 heavy (non-hydrogen) atoms. The predicted molar refractivity (Wildman–Crippen MR) is 95.4 cm³/mol. The van der Waals surface area contributed by atoms with E-state index in [0.717, 1.165) is 22.2 Å². The molecule has 0 aliphatic carbocycles. The van der Waals surface area contributed by atoms with Gasteiger partial charge in [0.15, 0.2) is 0 Å². The zero-order valence-electron chi connectivity index (χ0n) is 14.4. The van der Waals surface area contributed by atoms with Crippen LogP contribution in [-0.2, 0) is 6.54 Å². The molecule has 134 valence electrons. The first-order valence-corrected chi connectivity index (χ1v) is 8.09. The minimum atomic E-state index is -2.85. The largest absolute Gasteiger partial charge is 0.435 e. The van der Waals surface area contributed by atoms with Crippen LogP contribution in [0, 0.1) is 6.92 Å². The van der Waals surface area contributed by atoms with Gasteiger partial charge in [0.2, 0.25) is 0 Å².